The predicted octanol–water partition coefficient (Wildman–Crippen LogP) is 9.91. The van der Waals surface area contributed by atoms with Crippen molar-refractivity contribution < 1.29 is 4.79 Å². The van der Waals surface area contributed by atoms with Gasteiger partial charge >= 0.3 is 0 Å². The zero-order valence-electron chi connectivity index (χ0n) is 24.1. The van der Waals surface area contributed by atoms with Gasteiger partial charge in [0.05, 0.1) is 0 Å². The number of carbonyl (C=O) groups excluding carboxylic acids is 1. The molecule has 0 amide bonds. The number of allylic oxidation sites excluding steroid dienone is 1. The van der Waals surface area contributed by atoms with E-state index < -0.39 is 0 Å². The molecule has 1 heteroatoms. The van der Waals surface area contributed by atoms with Crippen molar-refractivity contribution >= 4 is 24.0 Å². The fourth-order valence-electron chi connectivity index (χ4n) is 3.96. The predicted molar refractivity (Wildman–Crippen MR) is 166 cm³/mol. The standard InChI is InChI=1S/C19H20O.C18H20/c1-13-5-7-17(11-15(13)3)8-10-19(20)18-9-6-14(2)16(4)12-18;1-13-5-7-17(11-15(13)3)9-10-18-8-6-14(2)16(4)12-18/h5-12H,1-4H3;5-12H,1-4H3. The first-order chi connectivity index (χ1) is 18.0. The van der Waals surface area contributed by atoms with Crippen LogP contribution in [-0.4, -0.2) is 5.78 Å². The van der Waals surface area contributed by atoms with Gasteiger partial charge in [-0.3, -0.25) is 4.79 Å². The molecule has 4 rings (SSSR count). The average Bonchev–Trinajstić information content (AvgIpc) is 2.89. The van der Waals surface area contributed by atoms with Crippen LogP contribution in [0.4, 0.5) is 0 Å². The second-order valence-electron chi connectivity index (χ2n) is 10.4. The number of aryl methyl sites for hydroxylation is 8. The van der Waals surface area contributed by atoms with E-state index in [0.717, 1.165) is 16.7 Å². The first kappa shape index (κ1) is 28.6. The van der Waals surface area contributed by atoms with Crippen LogP contribution in [0.3, 0.4) is 0 Å². The van der Waals surface area contributed by atoms with Gasteiger partial charge in [0, 0.05) is 5.56 Å². The molecular formula is C37H40O. The Labute approximate surface area is 229 Å². The van der Waals surface area contributed by atoms with Gasteiger partial charge in [-0.25, -0.2) is 0 Å². The van der Waals surface area contributed by atoms with Crippen LogP contribution in [-0.2, 0) is 0 Å². The highest BCUT2D eigenvalue weighted by atomic mass is 16.1. The lowest BCUT2D eigenvalue weighted by Crippen LogP contribution is -1.95. The Bertz CT molecular complexity index is 1440. The summed E-state index contributed by atoms with van der Waals surface area (Å²) in [4.78, 5) is 12.1. The summed E-state index contributed by atoms with van der Waals surface area (Å²) in [5, 5.41) is 0. The highest BCUT2D eigenvalue weighted by molar-refractivity contribution is 6.07. The Morgan fingerprint density at radius 3 is 1.13 bits per heavy atom. The van der Waals surface area contributed by atoms with Gasteiger partial charge in [-0.05, 0) is 129 Å². The topological polar surface area (TPSA) is 17.1 Å². The van der Waals surface area contributed by atoms with E-state index in [0.29, 0.717) is 0 Å². The van der Waals surface area contributed by atoms with Crippen molar-refractivity contribution in [3.63, 3.8) is 0 Å². The Morgan fingerprint density at radius 2 is 0.763 bits per heavy atom. The Hall–Kier alpha value is -3.97. The average molecular weight is 501 g/mol. The molecule has 0 unspecified atom stereocenters. The minimum Gasteiger partial charge on any atom is -0.289 e. The van der Waals surface area contributed by atoms with Gasteiger partial charge in [0.1, 0.15) is 0 Å². The third-order valence-corrected chi connectivity index (χ3v) is 7.28. The first-order valence-electron chi connectivity index (χ1n) is 13.2. The second-order valence-corrected chi connectivity index (χ2v) is 10.4. The molecule has 0 aliphatic rings. The number of hydrogen-bond donors (Lipinski definition) is 0. The molecule has 194 valence electrons. The third kappa shape index (κ3) is 8.02. The molecule has 0 atom stereocenters. The molecule has 4 aromatic carbocycles. The fourth-order valence-corrected chi connectivity index (χ4v) is 3.96. The molecule has 4 aromatic rings. The van der Waals surface area contributed by atoms with Gasteiger partial charge in [-0.15, -0.1) is 0 Å². The summed E-state index contributed by atoms with van der Waals surface area (Å²) < 4.78 is 0. The van der Waals surface area contributed by atoms with Crippen LogP contribution in [0.1, 0.15) is 71.6 Å². The monoisotopic (exact) mass is 500 g/mol. The van der Waals surface area contributed by atoms with Crippen molar-refractivity contribution in [3.05, 3.63) is 146 Å². The Kier molecular flexibility index (Phi) is 9.79. The van der Waals surface area contributed by atoms with Gasteiger partial charge in [0.15, 0.2) is 5.78 Å². The molecule has 0 fully saturated rings. The molecule has 0 heterocycles. The van der Waals surface area contributed by atoms with Crippen molar-refractivity contribution in [3.8, 4) is 0 Å². The van der Waals surface area contributed by atoms with Crippen molar-refractivity contribution in [1.29, 1.82) is 0 Å². The molecule has 0 saturated heterocycles. The van der Waals surface area contributed by atoms with E-state index in [4.69, 9.17) is 0 Å². The summed E-state index contributed by atoms with van der Waals surface area (Å²) in [6.45, 7) is 16.8. The molecular weight excluding hydrogens is 460 g/mol. The van der Waals surface area contributed by atoms with Crippen LogP contribution in [0.5, 0.6) is 0 Å². The summed E-state index contributed by atoms with van der Waals surface area (Å²) >= 11 is 0. The summed E-state index contributed by atoms with van der Waals surface area (Å²) in [6.07, 6.45) is 7.88. The van der Waals surface area contributed by atoms with Crippen molar-refractivity contribution in [2.75, 3.05) is 0 Å². The molecule has 0 aromatic heterocycles. The van der Waals surface area contributed by atoms with Crippen molar-refractivity contribution in [1.82, 2.24) is 0 Å². The van der Waals surface area contributed by atoms with Gasteiger partial charge in [-0.2, -0.15) is 0 Å². The lowest BCUT2D eigenvalue weighted by molar-refractivity contribution is 0.104. The summed E-state index contributed by atoms with van der Waals surface area (Å²) in [5.41, 5.74) is 14.6. The quantitative estimate of drug-likeness (QED) is 0.151. The Morgan fingerprint density at radius 1 is 0.421 bits per heavy atom. The lowest BCUT2D eigenvalue weighted by Gasteiger charge is -2.03. The van der Waals surface area contributed by atoms with Crippen LogP contribution >= 0.6 is 0 Å². The number of carbonyl (C=O) groups is 1. The molecule has 0 aliphatic heterocycles. The highest BCUT2D eigenvalue weighted by Crippen LogP contribution is 2.16. The number of ketones is 1. The van der Waals surface area contributed by atoms with Gasteiger partial charge in [0.25, 0.3) is 0 Å². The van der Waals surface area contributed by atoms with Crippen LogP contribution < -0.4 is 0 Å². The third-order valence-electron chi connectivity index (χ3n) is 7.28. The second kappa shape index (κ2) is 13.0. The minimum absolute atomic E-state index is 0.0475. The van der Waals surface area contributed by atoms with Crippen LogP contribution in [0.15, 0.2) is 78.9 Å². The van der Waals surface area contributed by atoms with E-state index in [1.807, 2.05) is 37.3 Å². The summed E-state index contributed by atoms with van der Waals surface area (Å²) in [5.74, 6) is 0.0475. The molecule has 38 heavy (non-hydrogen) atoms. The highest BCUT2D eigenvalue weighted by Gasteiger charge is 2.03. The summed E-state index contributed by atoms with van der Waals surface area (Å²) in [7, 11) is 0. The van der Waals surface area contributed by atoms with Gasteiger partial charge in [0.2, 0.25) is 0 Å². The smallest absolute Gasteiger partial charge is 0.185 e. The molecule has 0 aliphatic carbocycles. The van der Waals surface area contributed by atoms with E-state index in [9.17, 15) is 4.79 Å². The maximum Gasteiger partial charge on any atom is 0.185 e. The lowest BCUT2D eigenvalue weighted by atomic mass is 10.0. The van der Waals surface area contributed by atoms with Gasteiger partial charge in [-0.1, -0.05) is 85.0 Å². The minimum atomic E-state index is 0.0475. The van der Waals surface area contributed by atoms with Crippen LogP contribution in [0.25, 0.3) is 18.2 Å². The van der Waals surface area contributed by atoms with E-state index in [2.05, 4.69) is 109 Å². The maximum absolute atomic E-state index is 12.1. The van der Waals surface area contributed by atoms with Crippen LogP contribution in [0.2, 0.25) is 0 Å². The zero-order valence-corrected chi connectivity index (χ0v) is 24.1. The van der Waals surface area contributed by atoms with E-state index >= 15 is 0 Å². The fraction of sp³-hybridized carbons (Fsp3) is 0.216. The van der Waals surface area contributed by atoms with Gasteiger partial charge < -0.3 is 0 Å². The van der Waals surface area contributed by atoms with Crippen molar-refractivity contribution in [2.45, 2.75) is 55.4 Å². The molecule has 0 spiro atoms. The Balaban J connectivity index is 0.000000212. The molecule has 0 bridgehead atoms. The molecule has 0 N–H and O–H groups in total. The molecule has 0 saturated carbocycles. The number of hydrogen-bond acceptors (Lipinski definition) is 1. The number of benzene rings is 4. The van der Waals surface area contributed by atoms with E-state index in [-0.39, 0.29) is 5.78 Å². The largest absolute Gasteiger partial charge is 0.289 e. The maximum atomic E-state index is 12.1. The zero-order chi connectivity index (χ0) is 27.8. The number of rotatable bonds is 5. The summed E-state index contributed by atoms with van der Waals surface area (Å²) in [6, 6.07) is 25.2. The molecule has 1 nitrogen and oxygen atoms in total. The van der Waals surface area contributed by atoms with Crippen molar-refractivity contribution in [2.24, 2.45) is 0 Å². The first-order valence-corrected chi connectivity index (χ1v) is 13.2. The van der Waals surface area contributed by atoms with E-state index in [1.54, 1.807) is 6.08 Å². The van der Waals surface area contributed by atoms with Crippen LogP contribution in [0, 0.1) is 55.4 Å². The molecule has 0 radical (unpaired) electrons. The van der Waals surface area contributed by atoms with E-state index in [1.165, 1.54) is 50.1 Å². The normalized spacial score (nSPS) is 11.1. The SMILES string of the molecule is Cc1ccc(C=CC(=O)c2ccc(C)c(C)c2)cc1C.Cc1ccc(C=Cc2ccc(C)c(C)c2)cc1C.